The topological polar surface area (TPSA) is 54.4 Å². The van der Waals surface area contributed by atoms with Crippen LogP contribution in [-0.2, 0) is 15.4 Å². The Bertz CT molecular complexity index is 587. The summed E-state index contributed by atoms with van der Waals surface area (Å²) in [5.74, 6) is -1.64. The third kappa shape index (κ3) is 1.80. The number of aliphatic hydroxyl groups is 1. The van der Waals surface area contributed by atoms with Crippen molar-refractivity contribution in [3.8, 4) is 0 Å². The van der Waals surface area contributed by atoms with Crippen molar-refractivity contribution in [3.63, 3.8) is 0 Å². The quantitative estimate of drug-likeness (QED) is 0.858. The van der Waals surface area contributed by atoms with Crippen LogP contribution in [0, 0.1) is 11.6 Å². The van der Waals surface area contributed by atoms with Crippen molar-refractivity contribution in [2.45, 2.75) is 41.8 Å². The molecule has 3 rings (SSSR count). The van der Waals surface area contributed by atoms with E-state index in [0.717, 1.165) is 12.1 Å². The van der Waals surface area contributed by atoms with Gasteiger partial charge in [-0.2, -0.15) is 0 Å². The molecule has 2 unspecified atom stereocenters. The SMILES string of the molecule is O=S1(=O)C2CCC1CC(O)(c1c(F)cccc1F)C2. The maximum absolute atomic E-state index is 13.8. The molecule has 3 nitrogen and oxygen atoms in total. The standard InChI is InChI=1S/C13H14F2O3S/c14-10-2-1-3-11(15)12(10)13(16)6-8-4-5-9(7-13)19(8,17)18/h1-3,8-9,16H,4-7H2. The third-order valence-corrected chi connectivity index (χ3v) is 6.96. The Hall–Kier alpha value is -1.01. The summed E-state index contributed by atoms with van der Waals surface area (Å²) < 4.78 is 51.5. The highest BCUT2D eigenvalue weighted by Crippen LogP contribution is 2.48. The maximum atomic E-state index is 13.8. The Kier molecular flexibility index (Phi) is 2.73. The first-order chi connectivity index (χ1) is 8.84. The van der Waals surface area contributed by atoms with Crippen molar-refractivity contribution in [1.29, 1.82) is 0 Å². The summed E-state index contributed by atoms with van der Waals surface area (Å²) in [4.78, 5) is 0. The molecule has 2 saturated heterocycles. The van der Waals surface area contributed by atoms with Crippen molar-refractivity contribution in [2.75, 3.05) is 0 Å². The van der Waals surface area contributed by atoms with Gasteiger partial charge in [-0.25, -0.2) is 17.2 Å². The molecule has 2 fully saturated rings. The zero-order chi connectivity index (χ0) is 13.8. The van der Waals surface area contributed by atoms with Gasteiger partial charge in [-0.15, -0.1) is 0 Å². The lowest BCUT2D eigenvalue weighted by molar-refractivity contribution is 0.0104. The van der Waals surface area contributed by atoms with Crippen molar-refractivity contribution in [2.24, 2.45) is 0 Å². The van der Waals surface area contributed by atoms with Crippen LogP contribution in [0.1, 0.15) is 31.2 Å². The molecule has 2 heterocycles. The molecule has 0 aliphatic carbocycles. The molecule has 0 spiro atoms. The Morgan fingerprint density at radius 3 is 2.05 bits per heavy atom. The van der Waals surface area contributed by atoms with Crippen LogP contribution in [-0.4, -0.2) is 24.0 Å². The van der Waals surface area contributed by atoms with Crippen LogP contribution >= 0.6 is 0 Å². The minimum absolute atomic E-state index is 0.121. The number of benzene rings is 1. The van der Waals surface area contributed by atoms with E-state index >= 15 is 0 Å². The first-order valence-corrected chi connectivity index (χ1v) is 7.85. The van der Waals surface area contributed by atoms with Gasteiger partial charge in [0, 0.05) is 0 Å². The number of rotatable bonds is 1. The fourth-order valence-electron chi connectivity index (χ4n) is 3.39. The van der Waals surface area contributed by atoms with E-state index in [9.17, 15) is 22.3 Å². The minimum atomic E-state index is -3.24. The second kappa shape index (κ2) is 3.99. The van der Waals surface area contributed by atoms with Crippen LogP contribution in [0.2, 0.25) is 0 Å². The van der Waals surface area contributed by atoms with Crippen LogP contribution in [0.3, 0.4) is 0 Å². The van der Waals surface area contributed by atoms with E-state index in [-0.39, 0.29) is 18.4 Å². The molecule has 0 amide bonds. The number of fused-ring (bicyclic) bond motifs is 2. The van der Waals surface area contributed by atoms with Gasteiger partial charge in [0.2, 0.25) is 0 Å². The zero-order valence-corrected chi connectivity index (χ0v) is 11.0. The Morgan fingerprint density at radius 1 is 1.11 bits per heavy atom. The van der Waals surface area contributed by atoms with Gasteiger partial charge in [-0.3, -0.25) is 0 Å². The second-order valence-electron chi connectivity index (χ2n) is 5.45. The fourth-order valence-corrected chi connectivity index (χ4v) is 5.88. The monoisotopic (exact) mass is 288 g/mol. The molecule has 2 aliphatic heterocycles. The second-order valence-corrected chi connectivity index (χ2v) is 7.96. The van der Waals surface area contributed by atoms with Gasteiger partial charge in [-0.1, -0.05) is 6.07 Å². The summed E-state index contributed by atoms with van der Waals surface area (Å²) in [5.41, 5.74) is -2.10. The molecule has 104 valence electrons. The molecule has 0 radical (unpaired) electrons. The lowest BCUT2D eigenvalue weighted by Crippen LogP contribution is -2.44. The molecule has 2 atom stereocenters. The highest BCUT2D eigenvalue weighted by Gasteiger charge is 2.54. The molecule has 1 aromatic carbocycles. The van der Waals surface area contributed by atoms with Crippen LogP contribution in [0.25, 0.3) is 0 Å². The largest absolute Gasteiger partial charge is 0.385 e. The Morgan fingerprint density at radius 2 is 1.58 bits per heavy atom. The first-order valence-electron chi connectivity index (χ1n) is 6.24. The average molecular weight is 288 g/mol. The molecule has 0 saturated carbocycles. The molecule has 19 heavy (non-hydrogen) atoms. The lowest BCUT2D eigenvalue weighted by atomic mass is 9.85. The Balaban J connectivity index is 2.07. The van der Waals surface area contributed by atoms with Crippen molar-refractivity contribution in [3.05, 3.63) is 35.4 Å². The van der Waals surface area contributed by atoms with E-state index in [1.54, 1.807) is 0 Å². The molecule has 2 aliphatic rings. The predicted molar refractivity (Wildman–Crippen MR) is 65.2 cm³/mol. The van der Waals surface area contributed by atoms with E-state index < -0.39 is 37.6 Å². The lowest BCUT2D eigenvalue weighted by Gasteiger charge is -2.36. The molecule has 0 aromatic heterocycles. The molecular formula is C13H14F2O3S. The smallest absolute Gasteiger partial charge is 0.156 e. The van der Waals surface area contributed by atoms with Gasteiger partial charge in [0.15, 0.2) is 9.84 Å². The average Bonchev–Trinajstić information content (AvgIpc) is 2.49. The maximum Gasteiger partial charge on any atom is 0.156 e. The highest BCUT2D eigenvalue weighted by molar-refractivity contribution is 7.93. The van der Waals surface area contributed by atoms with E-state index in [1.807, 2.05) is 0 Å². The summed E-state index contributed by atoms with van der Waals surface area (Å²) in [5, 5.41) is 9.20. The van der Waals surface area contributed by atoms with E-state index in [2.05, 4.69) is 0 Å². The van der Waals surface area contributed by atoms with Crippen LogP contribution in [0.15, 0.2) is 18.2 Å². The number of halogens is 2. The fraction of sp³-hybridized carbons (Fsp3) is 0.538. The summed E-state index contributed by atoms with van der Waals surface area (Å²) >= 11 is 0. The van der Waals surface area contributed by atoms with Crippen molar-refractivity contribution in [1.82, 2.24) is 0 Å². The third-order valence-electron chi connectivity index (χ3n) is 4.30. The van der Waals surface area contributed by atoms with Crippen LogP contribution in [0.5, 0.6) is 0 Å². The number of sulfone groups is 1. The minimum Gasteiger partial charge on any atom is -0.385 e. The van der Waals surface area contributed by atoms with Gasteiger partial charge >= 0.3 is 0 Å². The van der Waals surface area contributed by atoms with E-state index in [4.69, 9.17) is 0 Å². The summed E-state index contributed by atoms with van der Waals surface area (Å²) in [6.45, 7) is 0. The van der Waals surface area contributed by atoms with Gasteiger partial charge in [0.25, 0.3) is 0 Å². The molecule has 2 bridgehead atoms. The van der Waals surface area contributed by atoms with Gasteiger partial charge in [0.05, 0.1) is 21.7 Å². The van der Waals surface area contributed by atoms with Gasteiger partial charge < -0.3 is 5.11 Å². The highest BCUT2D eigenvalue weighted by atomic mass is 32.2. The van der Waals surface area contributed by atoms with Crippen molar-refractivity contribution >= 4 is 9.84 Å². The van der Waals surface area contributed by atoms with Crippen molar-refractivity contribution < 1.29 is 22.3 Å². The molecule has 6 heteroatoms. The normalized spacial score (nSPS) is 36.4. The summed E-state index contributed by atoms with van der Waals surface area (Å²) in [6.07, 6.45) is 0.685. The van der Waals surface area contributed by atoms with Gasteiger partial charge in [0.1, 0.15) is 11.6 Å². The van der Waals surface area contributed by atoms with E-state index in [0.29, 0.717) is 12.8 Å². The molecule has 1 N–H and O–H groups in total. The van der Waals surface area contributed by atoms with Gasteiger partial charge in [-0.05, 0) is 37.8 Å². The van der Waals surface area contributed by atoms with E-state index in [1.165, 1.54) is 6.07 Å². The Labute approximate surface area is 110 Å². The number of hydrogen-bond donors (Lipinski definition) is 1. The van der Waals surface area contributed by atoms with Crippen LogP contribution < -0.4 is 0 Å². The number of hydrogen-bond acceptors (Lipinski definition) is 3. The van der Waals surface area contributed by atoms with Crippen LogP contribution in [0.4, 0.5) is 8.78 Å². The summed E-state index contributed by atoms with van der Waals surface area (Å²) in [6, 6.07) is 3.40. The molecule has 1 aromatic rings. The predicted octanol–water partition coefficient (Wildman–Crippen LogP) is 1.89. The zero-order valence-electron chi connectivity index (χ0n) is 10.1. The summed E-state index contributed by atoms with van der Waals surface area (Å²) in [7, 11) is -3.24. The first kappa shape index (κ1) is 13.0. The molecular weight excluding hydrogens is 274 g/mol.